The highest BCUT2D eigenvalue weighted by molar-refractivity contribution is 5.68. The lowest BCUT2D eigenvalue weighted by molar-refractivity contribution is -0.00339. The Balaban J connectivity index is 1.89. The summed E-state index contributed by atoms with van der Waals surface area (Å²) in [6, 6.07) is -0.0445. The summed E-state index contributed by atoms with van der Waals surface area (Å²) in [7, 11) is 1.59. The number of methoxy groups -OCH3 is 1. The highest BCUT2D eigenvalue weighted by atomic mass is 19.3. The molecule has 0 aliphatic carbocycles. The average molecular weight is 348 g/mol. The Kier molecular flexibility index (Phi) is 6.07. The van der Waals surface area contributed by atoms with Gasteiger partial charge in [0.15, 0.2) is 0 Å². The van der Waals surface area contributed by atoms with Crippen molar-refractivity contribution in [1.82, 2.24) is 9.80 Å². The minimum atomic E-state index is -2.62. The van der Waals surface area contributed by atoms with Crippen LogP contribution in [0.4, 0.5) is 13.6 Å². The SMILES string of the molecule is COCC[C@H]1CC(F)(F)CN1C1CCN(C(=O)OC(C)(C)C)CC1. The third kappa shape index (κ3) is 5.28. The zero-order valence-electron chi connectivity index (χ0n) is 15.2. The van der Waals surface area contributed by atoms with Gasteiger partial charge in [0.1, 0.15) is 5.60 Å². The molecule has 0 radical (unpaired) electrons. The Morgan fingerprint density at radius 2 is 1.88 bits per heavy atom. The lowest BCUT2D eigenvalue weighted by Crippen LogP contribution is -2.49. The molecule has 0 unspecified atom stereocenters. The van der Waals surface area contributed by atoms with Crippen molar-refractivity contribution in [2.75, 3.05) is 33.4 Å². The van der Waals surface area contributed by atoms with Crippen molar-refractivity contribution in [3.05, 3.63) is 0 Å². The van der Waals surface area contributed by atoms with E-state index < -0.39 is 11.5 Å². The number of likely N-dealkylation sites (tertiary alicyclic amines) is 2. The molecule has 5 nitrogen and oxygen atoms in total. The van der Waals surface area contributed by atoms with Gasteiger partial charge in [-0.1, -0.05) is 0 Å². The number of piperidine rings is 1. The summed E-state index contributed by atoms with van der Waals surface area (Å²) in [6.07, 6.45) is 1.63. The molecule has 24 heavy (non-hydrogen) atoms. The molecular weight excluding hydrogens is 318 g/mol. The average Bonchev–Trinajstić information content (AvgIpc) is 2.78. The smallest absolute Gasteiger partial charge is 0.410 e. The Morgan fingerprint density at radius 1 is 1.25 bits per heavy atom. The summed E-state index contributed by atoms with van der Waals surface area (Å²) in [4.78, 5) is 15.7. The molecule has 0 spiro atoms. The van der Waals surface area contributed by atoms with E-state index in [9.17, 15) is 13.6 Å². The fourth-order valence-corrected chi connectivity index (χ4v) is 3.58. The number of halogens is 2. The molecule has 0 aromatic carbocycles. The second-order valence-corrected chi connectivity index (χ2v) is 7.87. The van der Waals surface area contributed by atoms with Gasteiger partial charge in [0.25, 0.3) is 5.92 Å². The summed E-state index contributed by atoms with van der Waals surface area (Å²) >= 11 is 0. The zero-order chi connectivity index (χ0) is 18.0. The van der Waals surface area contributed by atoms with Crippen LogP contribution in [0.1, 0.15) is 46.5 Å². The zero-order valence-corrected chi connectivity index (χ0v) is 15.2. The molecule has 2 heterocycles. The van der Waals surface area contributed by atoms with Crippen LogP contribution in [0.5, 0.6) is 0 Å². The molecule has 0 aromatic rings. The van der Waals surface area contributed by atoms with Gasteiger partial charge < -0.3 is 14.4 Å². The predicted molar refractivity (Wildman–Crippen MR) is 87.4 cm³/mol. The number of nitrogens with zero attached hydrogens (tertiary/aromatic N) is 2. The van der Waals surface area contributed by atoms with Gasteiger partial charge in [-0.05, 0) is 40.0 Å². The van der Waals surface area contributed by atoms with Gasteiger partial charge in [0, 0.05) is 45.3 Å². The Labute approximate surface area is 143 Å². The number of carbonyl (C=O) groups is 1. The van der Waals surface area contributed by atoms with E-state index in [2.05, 4.69) is 0 Å². The molecule has 0 aromatic heterocycles. The fourth-order valence-electron chi connectivity index (χ4n) is 3.58. The number of hydrogen-bond donors (Lipinski definition) is 0. The Hall–Kier alpha value is -0.950. The van der Waals surface area contributed by atoms with Crippen LogP contribution in [-0.2, 0) is 9.47 Å². The minimum Gasteiger partial charge on any atom is -0.444 e. The van der Waals surface area contributed by atoms with Gasteiger partial charge in [0.2, 0.25) is 0 Å². The highest BCUT2D eigenvalue weighted by Crippen LogP contribution is 2.37. The van der Waals surface area contributed by atoms with Gasteiger partial charge in [-0.25, -0.2) is 13.6 Å². The van der Waals surface area contributed by atoms with Gasteiger partial charge in [-0.2, -0.15) is 0 Å². The first-order valence-corrected chi connectivity index (χ1v) is 8.72. The van der Waals surface area contributed by atoms with Crippen molar-refractivity contribution in [3.63, 3.8) is 0 Å². The minimum absolute atomic E-state index is 0.0946. The third-order valence-corrected chi connectivity index (χ3v) is 4.66. The lowest BCUT2D eigenvalue weighted by Gasteiger charge is -2.39. The number of rotatable bonds is 4. The molecule has 0 saturated carbocycles. The molecule has 2 rings (SSSR count). The van der Waals surface area contributed by atoms with E-state index in [0.717, 1.165) is 0 Å². The summed E-state index contributed by atoms with van der Waals surface area (Å²) in [6.45, 7) is 6.93. The second kappa shape index (κ2) is 7.52. The molecule has 7 heteroatoms. The molecule has 1 atom stereocenters. The Morgan fingerprint density at radius 3 is 2.42 bits per heavy atom. The molecule has 140 valence electrons. The van der Waals surface area contributed by atoms with Gasteiger partial charge in [-0.3, -0.25) is 4.90 Å². The molecule has 2 aliphatic rings. The normalized spacial score (nSPS) is 25.9. The number of carbonyl (C=O) groups excluding carboxylic acids is 1. The van der Waals surface area contributed by atoms with E-state index in [-0.39, 0.29) is 31.1 Å². The maximum Gasteiger partial charge on any atom is 0.410 e. The van der Waals surface area contributed by atoms with Crippen LogP contribution >= 0.6 is 0 Å². The third-order valence-electron chi connectivity index (χ3n) is 4.66. The van der Waals surface area contributed by atoms with E-state index in [1.807, 2.05) is 25.7 Å². The van der Waals surface area contributed by atoms with Crippen molar-refractivity contribution >= 4 is 6.09 Å². The molecular formula is C17H30F2N2O3. The van der Waals surface area contributed by atoms with Crippen molar-refractivity contribution < 1.29 is 23.0 Å². The maximum atomic E-state index is 13.9. The summed E-state index contributed by atoms with van der Waals surface area (Å²) in [5.74, 6) is -2.62. The van der Waals surface area contributed by atoms with Crippen LogP contribution < -0.4 is 0 Å². The first-order valence-electron chi connectivity index (χ1n) is 8.72. The van der Waals surface area contributed by atoms with Gasteiger partial charge >= 0.3 is 6.09 Å². The van der Waals surface area contributed by atoms with Crippen LogP contribution in [0.3, 0.4) is 0 Å². The largest absolute Gasteiger partial charge is 0.444 e. The van der Waals surface area contributed by atoms with Gasteiger partial charge in [0.05, 0.1) is 6.54 Å². The van der Waals surface area contributed by atoms with Crippen molar-refractivity contribution in [3.8, 4) is 0 Å². The first kappa shape index (κ1) is 19.4. The van der Waals surface area contributed by atoms with Crippen LogP contribution in [0, 0.1) is 0 Å². The predicted octanol–water partition coefficient (Wildman–Crippen LogP) is 3.13. The number of ether oxygens (including phenoxy) is 2. The van der Waals surface area contributed by atoms with E-state index in [0.29, 0.717) is 39.0 Å². The van der Waals surface area contributed by atoms with E-state index in [4.69, 9.17) is 9.47 Å². The monoisotopic (exact) mass is 348 g/mol. The number of amides is 1. The highest BCUT2D eigenvalue weighted by Gasteiger charge is 2.47. The quantitative estimate of drug-likeness (QED) is 0.783. The topological polar surface area (TPSA) is 42.0 Å². The second-order valence-electron chi connectivity index (χ2n) is 7.87. The molecule has 2 fully saturated rings. The van der Waals surface area contributed by atoms with E-state index in [1.54, 1.807) is 12.0 Å². The number of alkyl halides is 2. The van der Waals surface area contributed by atoms with Crippen molar-refractivity contribution in [2.45, 2.75) is 70.1 Å². The molecule has 2 aliphatic heterocycles. The lowest BCUT2D eigenvalue weighted by atomic mass is 10.0. The standard InChI is InChI=1S/C17H30F2N2O3/c1-16(2,3)24-15(22)20-8-5-13(6-9-20)21-12-17(18,19)11-14(21)7-10-23-4/h13-14H,5-12H2,1-4H3/t14-/m0/s1. The van der Waals surface area contributed by atoms with E-state index in [1.165, 1.54) is 0 Å². The molecule has 0 bridgehead atoms. The van der Waals surface area contributed by atoms with Crippen molar-refractivity contribution in [2.24, 2.45) is 0 Å². The summed E-state index contributed by atoms with van der Waals surface area (Å²) in [5, 5.41) is 0. The molecule has 2 saturated heterocycles. The molecule has 0 N–H and O–H groups in total. The summed E-state index contributed by atoms with van der Waals surface area (Å²) < 4.78 is 38.1. The van der Waals surface area contributed by atoms with Crippen LogP contribution in [-0.4, -0.2) is 72.9 Å². The Bertz CT molecular complexity index is 432. The van der Waals surface area contributed by atoms with Gasteiger partial charge in [-0.15, -0.1) is 0 Å². The maximum absolute atomic E-state index is 13.9. The van der Waals surface area contributed by atoms with Crippen molar-refractivity contribution in [1.29, 1.82) is 0 Å². The van der Waals surface area contributed by atoms with Crippen LogP contribution in [0.25, 0.3) is 0 Å². The van der Waals surface area contributed by atoms with E-state index >= 15 is 0 Å². The first-order chi connectivity index (χ1) is 11.1. The van der Waals surface area contributed by atoms with Crippen LogP contribution in [0.15, 0.2) is 0 Å². The molecule has 1 amide bonds. The summed E-state index contributed by atoms with van der Waals surface area (Å²) in [5.41, 5.74) is -0.518. The fraction of sp³-hybridized carbons (Fsp3) is 0.941. The number of hydrogen-bond acceptors (Lipinski definition) is 4. The van der Waals surface area contributed by atoms with Crippen LogP contribution in [0.2, 0.25) is 0 Å².